The van der Waals surface area contributed by atoms with Crippen molar-refractivity contribution in [2.75, 3.05) is 13.1 Å². The van der Waals surface area contributed by atoms with Crippen molar-refractivity contribution in [3.63, 3.8) is 0 Å². The number of aromatic nitrogens is 2. The lowest BCUT2D eigenvalue weighted by Crippen LogP contribution is -2.52. The molecule has 0 radical (unpaired) electrons. The van der Waals surface area contributed by atoms with E-state index in [2.05, 4.69) is 15.3 Å². The minimum Gasteiger partial charge on any atom is -0.349 e. The number of nitrogens with zero attached hydrogens (tertiary/aromatic N) is 3. The van der Waals surface area contributed by atoms with Gasteiger partial charge >= 0.3 is 0 Å². The average molecular weight is 356 g/mol. The van der Waals surface area contributed by atoms with Crippen LogP contribution in [0.3, 0.4) is 0 Å². The minimum absolute atomic E-state index is 0.0291. The molecule has 2 amide bonds. The number of nitrogens with one attached hydrogen (secondary N) is 1. The summed E-state index contributed by atoms with van der Waals surface area (Å²) in [6.45, 7) is 2.41. The molecule has 3 rings (SSSR count). The largest absolute Gasteiger partial charge is 0.349 e. The molecule has 0 atom stereocenters. The van der Waals surface area contributed by atoms with E-state index in [9.17, 15) is 14.0 Å². The monoisotopic (exact) mass is 356 g/mol. The van der Waals surface area contributed by atoms with Crippen molar-refractivity contribution in [3.8, 4) is 0 Å². The molecule has 1 fully saturated rings. The standard InChI is InChI=1S/C19H21FN4O2/c1-14-11-22-16(13-21-14)17(25)24-9-7-19(20,8-10-24)18(26)23-12-15-5-3-2-4-6-15/h2-6,11,13H,7-10,12H2,1H3,(H,23,26). The zero-order valence-corrected chi connectivity index (χ0v) is 14.6. The van der Waals surface area contributed by atoms with Crippen molar-refractivity contribution in [2.24, 2.45) is 0 Å². The van der Waals surface area contributed by atoms with E-state index in [0.717, 1.165) is 11.3 Å². The van der Waals surface area contributed by atoms with Crippen molar-refractivity contribution in [1.82, 2.24) is 20.2 Å². The molecule has 0 spiro atoms. The molecule has 1 saturated heterocycles. The zero-order valence-electron chi connectivity index (χ0n) is 14.6. The third-order valence-electron chi connectivity index (χ3n) is 4.55. The number of likely N-dealkylation sites (tertiary alicyclic amines) is 1. The maximum Gasteiger partial charge on any atom is 0.274 e. The lowest BCUT2D eigenvalue weighted by atomic mass is 9.92. The fourth-order valence-electron chi connectivity index (χ4n) is 2.89. The van der Waals surface area contributed by atoms with E-state index in [0.29, 0.717) is 0 Å². The highest BCUT2D eigenvalue weighted by Gasteiger charge is 2.42. The van der Waals surface area contributed by atoms with Gasteiger partial charge in [0.1, 0.15) is 5.69 Å². The molecule has 0 aliphatic carbocycles. The van der Waals surface area contributed by atoms with Gasteiger partial charge in [-0.2, -0.15) is 0 Å². The SMILES string of the molecule is Cc1cnc(C(=O)N2CCC(F)(C(=O)NCc3ccccc3)CC2)cn1. The van der Waals surface area contributed by atoms with Gasteiger partial charge in [0.15, 0.2) is 5.67 Å². The topological polar surface area (TPSA) is 75.2 Å². The van der Waals surface area contributed by atoms with E-state index in [1.54, 1.807) is 6.92 Å². The van der Waals surface area contributed by atoms with Crippen LogP contribution >= 0.6 is 0 Å². The Hall–Kier alpha value is -2.83. The molecule has 0 saturated carbocycles. The molecule has 1 aliphatic rings. The molecule has 0 bridgehead atoms. The smallest absolute Gasteiger partial charge is 0.274 e. The number of carbonyl (C=O) groups is 2. The van der Waals surface area contributed by atoms with Gasteiger partial charge in [0.05, 0.1) is 11.9 Å². The highest BCUT2D eigenvalue weighted by atomic mass is 19.1. The van der Waals surface area contributed by atoms with Gasteiger partial charge in [-0.3, -0.25) is 14.6 Å². The van der Waals surface area contributed by atoms with E-state index < -0.39 is 11.6 Å². The molecule has 1 aliphatic heterocycles. The van der Waals surface area contributed by atoms with Crippen LogP contribution in [0.25, 0.3) is 0 Å². The lowest BCUT2D eigenvalue weighted by molar-refractivity contribution is -0.135. The first kappa shape index (κ1) is 18.0. The Morgan fingerprint density at radius 2 is 1.85 bits per heavy atom. The van der Waals surface area contributed by atoms with E-state index in [4.69, 9.17) is 0 Å². The van der Waals surface area contributed by atoms with Crippen LogP contribution in [0, 0.1) is 6.92 Å². The second kappa shape index (κ2) is 7.59. The highest BCUT2D eigenvalue weighted by molar-refractivity contribution is 5.92. The second-order valence-corrected chi connectivity index (χ2v) is 6.47. The van der Waals surface area contributed by atoms with Crippen LogP contribution in [0.1, 0.15) is 34.6 Å². The van der Waals surface area contributed by atoms with Crippen LogP contribution in [0.5, 0.6) is 0 Å². The number of carbonyl (C=O) groups excluding carboxylic acids is 2. The van der Waals surface area contributed by atoms with Crippen LogP contribution in [0.4, 0.5) is 4.39 Å². The van der Waals surface area contributed by atoms with Gasteiger partial charge in [-0.1, -0.05) is 30.3 Å². The van der Waals surface area contributed by atoms with Gasteiger partial charge in [0, 0.05) is 38.7 Å². The van der Waals surface area contributed by atoms with E-state index in [1.165, 1.54) is 17.3 Å². The number of piperidine rings is 1. The number of rotatable bonds is 4. The quantitative estimate of drug-likeness (QED) is 0.910. The lowest BCUT2D eigenvalue weighted by Gasteiger charge is -2.35. The molecule has 0 unspecified atom stereocenters. The Kier molecular flexibility index (Phi) is 5.25. The van der Waals surface area contributed by atoms with Crippen LogP contribution in [0.15, 0.2) is 42.7 Å². The molecule has 6 nitrogen and oxygen atoms in total. The Morgan fingerprint density at radius 3 is 2.46 bits per heavy atom. The zero-order chi connectivity index (χ0) is 18.6. The molecule has 2 aromatic rings. The van der Waals surface area contributed by atoms with Gasteiger partial charge in [0.2, 0.25) is 0 Å². The summed E-state index contributed by atoms with van der Waals surface area (Å²) < 4.78 is 15.0. The molecule has 136 valence electrons. The van der Waals surface area contributed by atoms with E-state index in [-0.39, 0.29) is 44.1 Å². The van der Waals surface area contributed by atoms with Crippen molar-refractivity contribution >= 4 is 11.8 Å². The summed E-state index contributed by atoms with van der Waals surface area (Å²) in [7, 11) is 0. The van der Waals surface area contributed by atoms with Crippen molar-refractivity contribution in [1.29, 1.82) is 0 Å². The summed E-state index contributed by atoms with van der Waals surface area (Å²) in [6, 6.07) is 9.35. The second-order valence-electron chi connectivity index (χ2n) is 6.47. The summed E-state index contributed by atoms with van der Waals surface area (Å²) in [5.74, 6) is -0.909. The summed E-state index contributed by atoms with van der Waals surface area (Å²) >= 11 is 0. The average Bonchev–Trinajstić information content (AvgIpc) is 2.67. The van der Waals surface area contributed by atoms with Crippen molar-refractivity contribution < 1.29 is 14.0 Å². The minimum atomic E-state index is -1.95. The van der Waals surface area contributed by atoms with Crippen molar-refractivity contribution in [2.45, 2.75) is 32.0 Å². The third-order valence-corrected chi connectivity index (χ3v) is 4.55. The maximum absolute atomic E-state index is 15.0. The number of aryl methyl sites for hydroxylation is 1. The fourth-order valence-corrected chi connectivity index (χ4v) is 2.89. The van der Waals surface area contributed by atoms with Crippen LogP contribution < -0.4 is 5.32 Å². The van der Waals surface area contributed by atoms with Crippen LogP contribution in [-0.4, -0.2) is 45.4 Å². The first-order chi connectivity index (χ1) is 12.5. The summed E-state index contributed by atoms with van der Waals surface area (Å²) in [5.41, 5.74) is -0.0895. The fraction of sp³-hybridized carbons (Fsp3) is 0.368. The highest BCUT2D eigenvalue weighted by Crippen LogP contribution is 2.27. The molecular weight excluding hydrogens is 335 g/mol. The molecule has 7 heteroatoms. The van der Waals surface area contributed by atoms with Gasteiger partial charge in [-0.15, -0.1) is 0 Å². The van der Waals surface area contributed by atoms with E-state index in [1.807, 2.05) is 30.3 Å². The molecule has 26 heavy (non-hydrogen) atoms. The van der Waals surface area contributed by atoms with Crippen molar-refractivity contribution in [3.05, 3.63) is 59.7 Å². The van der Waals surface area contributed by atoms with E-state index >= 15 is 0 Å². The predicted octanol–water partition coefficient (Wildman–Crippen LogP) is 2.05. The number of benzene rings is 1. The first-order valence-corrected chi connectivity index (χ1v) is 8.57. The summed E-state index contributed by atoms with van der Waals surface area (Å²) in [4.78, 5) is 34.3. The number of alkyl halides is 1. The van der Waals surface area contributed by atoms with Crippen LogP contribution in [0.2, 0.25) is 0 Å². The maximum atomic E-state index is 15.0. The number of hydrogen-bond acceptors (Lipinski definition) is 4. The Labute approximate surface area is 151 Å². The van der Waals surface area contributed by atoms with Gasteiger partial charge < -0.3 is 10.2 Å². The van der Waals surface area contributed by atoms with Gasteiger partial charge in [0.25, 0.3) is 11.8 Å². The third kappa shape index (κ3) is 4.04. The van der Waals surface area contributed by atoms with Crippen LogP contribution in [-0.2, 0) is 11.3 Å². The summed E-state index contributed by atoms with van der Waals surface area (Å²) in [5, 5.41) is 2.65. The Bertz CT molecular complexity index is 772. The van der Waals surface area contributed by atoms with Gasteiger partial charge in [-0.25, -0.2) is 9.37 Å². The molecule has 1 aromatic heterocycles. The molecule has 1 N–H and O–H groups in total. The summed E-state index contributed by atoms with van der Waals surface area (Å²) in [6.07, 6.45) is 2.88. The molecule has 2 heterocycles. The number of amides is 2. The number of hydrogen-bond donors (Lipinski definition) is 1. The normalized spacial score (nSPS) is 16.2. The molecular formula is C19H21FN4O2. The molecule has 1 aromatic carbocycles. The predicted molar refractivity (Wildman–Crippen MR) is 94.0 cm³/mol. The number of halogens is 1. The van der Waals surface area contributed by atoms with Gasteiger partial charge in [-0.05, 0) is 12.5 Å². The Balaban J connectivity index is 1.55. The Morgan fingerprint density at radius 1 is 1.15 bits per heavy atom. The first-order valence-electron chi connectivity index (χ1n) is 8.57.